The molecule has 0 aromatic heterocycles. The van der Waals surface area contributed by atoms with Crippen LogP contribution in [0.2, 0.25) is 0 Å². The van der Waals surface area contributed by atoms with Crippen LogP contribution in [0.5, 0.6) is 0 Å². The molecule has 0 saturated carbocycles. The van der Waals surface area contributed by atoms with E-state index in [2.05, 4.69) is 10.0 Å². The number of piperazine rings is 1. The van der Waals surface area contributed by atoms with Gasteiger partial charge in [0.05, 0.1) is 9.79 Å². The zero-order valence-electron chi connectivity index (χ0n) is 13.2. The van der Waals surface area contributed by atoms with Crippen molar-refractivity contribution >= 4 is 32.5 Å². The molecule has 1 heterocycles. The van der Waals surface area contributed by atoms with Gasteiger partial charge in [-0.2, -0.15) is 4.31 Å². The highest BCUT2D eigenvalue weighted by molar-refractivity contribution is 7.89. The summed E-state index contributed by atoms with van der Waals surface area (Å²) in [6, 6.07) is 3.95. The Labute approximate surface area is 144 Å². The lowest BCUT2D eigenvalue weighted by molar-refractivity contribution is 0.284. The number of hydrogen-bond donors (Lipinski definition) is 2. The number of sulfonamides is 2. The van der Waals surface area contributed by atoms with Gasteiger partial charge in [-0.25, -0.2) is 21.6 Å². The van der Waals surface area contributed by atoms with E-state index < -0.39 is 20.0 Å². The lowest BCUT2D eigenvalue weighted by Crippen LogP contribution is -2.52. The molecular weight excluding hydrogens is 362 g/mol. The van der Waals surface area contributed by atoms with Gasteiger partial charge in [0.2, 0.25) is 20.0 Å². The minimum atomic E-state index is -3.62. The Kier molecular flexibility index (Phi) is 6.59. The van der Waals surface area contributed by atoms with Crippen LogP contribution in [0.3, 0.4) is 0 Å². The summed E-state index contributed by atoms with van der Waals surface area (Å²) >= 11 is 0. The van der Waals surface area contributed by atoms with Gasteiger partial charge in [0.25, 0.3) is 0 Å². The van der Waals surface area contributed by atoms with E-state index in [9.17, 15) is 16.8 Å². The minimum absolute atomic E-state index is 0. The molecular formula is C13H22ClN3O4S2. The molecule has 0 aliphatic carbocycles. The second-order valence-corrected chi connectivity index (χ2v) is 9.05. The molecule has 1 fully saturated rings. The molecule has 23 heavy (non-hydrogen) atoms. The molecule has 1 saturated heterocycles. The van der Waals surface area contributed by atoms with Crippen molar-refractivity contribution in [1.82, 2.24) is 14.3 Å². The zero-order valence-corrected chi connectivity index (χ0v) is 15.7. The quantitative estimate of drug-likeness (QED) is 0.780. The van der Waals surface area contributed by atoms with Gasteiger partial charge in [-0.15, -0.1) is 12.4 Å². The molecule has 2 N–H and O–H groups in total. The molecule has 0 spiro atoms. The summed E-state index contributed by atoms with van der Waals surface area (Å²) in [6.07, 6.45) is 0. The van der Waals surface area contributed by atoms with Gasteiger partial charge in [-0.1, -0.05) is 0 Å². The van der Waals surface area contributed by atoms with Crippen molar-refractivity contribution in [1.29, 1.82) is 0 Å². The fraction of sp³-hybridized carbons (Fsp3) is 0.538. The highest BCUT2D eigenvalue weighted by Gasteiger charge is 2.31. The molecule has 132 valence electrons. The van der Waals surface area contributed by atoms with Crippen molar-refractivity contribution < 1.29 is 16.8 Å². The third kappa shape index (κ3) is 4.04. The number of benzene rings is 1. The van der Waals surface area contributed by atoms with E-state index in [0.29, 0.717) is 25.2 Å². The molecule has 0 bridgehead atoms. The number of hydrogen-bond acceptors (Lipinski definition) is 5. The van der Waals surface area contributed by atoms with Gasteiger partial charge in [0, 0.05) is 25.7 Å². The predicted molar refractivity (Wildman–Crippen MR) is 90.9 cm³/mol. The third-order valence-electron chi connectivity index (χ3n) is 3.75. The first-order valence-electron chi connectivity index (χ1n) is 6.97. The fourth-order valence-electron chi connectivity index (χ4n) is 2.51. The second kappa shape index (κ2) is 7.45. The van der Waals surface area contributed by atoms with Crippen LogP contribution in [0.4, 0.5) is 0 Å². The first-order valence-corrected chi connectivity index (χ1v) is 9.89. The molecule has 7 nitrogen and oxygen atoms in total. The number of nitrogens with one attached hydrogen (secondary N) is 2. The van der Waals surface area contributed by atoms with Crippen LogP contribution < -0.4 is 10.0 Å². The van der Waals surface area contributed by atoms with Crippen molar-refractivity contribution in [3.8, 4) is 0 Å². The first-order chi connectivity index (χ1) is 10.2. The van der Waals surface area contributed by atoms with Crippen LogP contribution in [-0.4, -0.2) is 53.9 Å². The normalized spacial score (nSPS) is 20.0. The van der Waals surface area contributed by atoms with E-state index >= 15 is 0 Å². The molecule has 1 aliphatic rings. The molecule has 0 unspecified atom stereocenters. The standard InChI is InChI=1S/C13H21N3O4S2.ClH/c1-10-8-12(4-5-13(10)21(17,18)14-3)22(19,20)16-7-6-15-9-11(16)2;/h4-5,8,11,14-15H,6-7,9H2,1-3H3;1H/t11-;/m0./s1. The summed E-state index contributed by atoms with van der Waals surface area (Å²) < 4.78 is 52.8. The van der Waals surface area contributed by atoms with Crippen LogP contribution in [0.25, 0.3) is 0 Å². The highest BCUT2D eigenvalue weighted by Crippen LogP contribution is 2.23. The second-order valence-electron chi connectivity index (χ2n) is 5.30. The molecule has 1 aliphatic heterocycles. The summed E-state index contributed by atoms with van der Waals surface area (Å²) in [7, 11) is -5.90. The number of rotatable bonds is 4. The van der Waals surface area contributed by atoms with Crippen molar-refractivity contribution in [2.75, 3.05) is 26.7 Å². The summed E-state index contributed by atoms with van der Waals surface area (Å²) in [6.45, 7) is 5.04. The third-order valence-corrected chi connectivity index (χ3v) is 7.34. The Balaban J connectivity index is 0.00000264. The van der Waals surface area contributed by atoms with Gasteiger partial charge >= 0.3 is 0 Å². The summed E-state index contributed by atoms with van der Waals surface area (Å²) in [4.78, 5) is 0.205. The molecule has 2 rings (SSSR count). The Morgan fingerprint density at radius 3 is 2.43 bits per heavy atom. The monoisotopic (exact) mass is 383 g/mol. The number of halogens is 1. The first kappa shape index (κ1) is 20.3. The van der Waals surface area contributed by atoms with E-state index in [1.165, 1.54) is 29.6 Å². The van der Waals surface area contributed by atoms with Crippen LogP contribution in [0.1, 0.15) is 12.5 Å². The maximum absolute atomic E-state index is 12.7. The number of aryl methyl sites for hydroxylation is 1. The van der Waals surface area contributed by atoms with Gasteiger partial charge in [0.1, 0.15) is 0 Å². The van der Waals surface area contributed by atoms with Crippen LogP contribution in [0.15, 0.2) is 28.0 Å². The van der Waals surface area contributed by atoms with Gasteiger partial charge < -0.3 is 5.32 Å². The Bertz CT molecular complexity index is 765. The highest BCUT2D eigenvalue weighted by atomic mass is 35.5. The Morgan fingerprint density at radius 1 is 1.26 bits per heavy atom. The van der Waals surface area contributed by atoms with Gasteiger partial charge in [-0.3, -0.25) is 0 Å². The average molecular weight is 384 g/mol. The lowest BCUT2D eigenvalue weighted by Gasteiger charge is -2.32. The summed E-state index contributed by atoms with van der Waals surface area (Å²) in [5, 5.41) is 3.14. The maximum atomic E-state index is 12.7. The Morgan fingerprint density at radius 2 is 1.91 bits per heavy atom. The topological polar surface area (TPSA) is 95.6 Å². The van der Waals surface area contributed by atoms with E-state index in [4.69, 9.17) is 0 Å². The summed E-state index contributed by atoms with van der Waals surface area (Å²) in [5.41, 5.74) is 0.401. The van der Waals surface area contributed by atoms with E-state index in [1.54, 1.807) is 6.92 Å². The van der Waals surface area contributed by atoms with Crippen molar-refractivity contribution in [3.05, 3.63) is 23.8 Å². The Hall–Kier alpha value is -0.710. The van der Waals surface area contributed by atoms with Crippen molar-refractivity contribution in [2.45, 2.75) is 29.7 Å². The molecule has 0 amide bonds. The SMILES string of the molecule is CNS(=O)(=O)c1ccc(S(=O)(=O)N2CCNC[C@@H]2C)cc1C.Cl. The molecule has 1 aromatic carbocycles. The molecule has 10 heteroatoms. The maximum Gasteiger partial charge on any atom is 0.243 e. The van der Waals surface area contributed by atoms with Crippen LogP contribution in [-0.2, 0) is 20.0 Å². The predicted octanol–water partition coefficient (Wildman–Crippen LogP) is 0.307. The van der Waals surface area contributed by atoms with E-state index in [0.717, 1.165) is 0 Å². The van der Waals surface area contributed by atoms with Crippen LogP contribution in [0, 0.1) is 6.92 Å². The van der Waals surface area contributed by atoms with Gasteiger partial charge in [0.15, 0.2) is 0 Å². The van der Waals surface area contributed by atoms with Crippen LogP contribution >= 0.6 is 12.4 Å². The van der Waals surface area contributed by atoms with E-state index in [1.807, 2.05) is 6.92 Å². The zero-order chi connectivity index (χ0) is 16.5. The summed E-state index contributed by atoms with van der Waals surface area (Å²) in [5.74, 6) is 0. The molecule has 1 aromatic rings. The van der Waals surface area contributed by atoms with Crippen molar-refractivity contribution in [2.24, 2.45) is 0 Å². The largest absolute Gasteiger partial charge is 0.314 e. The lowest BCUT2D eigenvalue weighted by atomic mass is 10.2. The molecule has 1 atom stereocenters. The fourth-order valence-corrected chi connectivity index (χ4v) is 5.18. The molecule has 0 radical (unpaired) electrons. The number of nitrogens with zero attached hydrogens (tertiary/aromatic N) is 1. The van der Waals surface area contributed by atoms with E-state index in [-0.39, 0.29) is 28.2 Å². The average Bonchev–Trinajstić information content (AvgIpc) is 2.47. The smallest absolute Gasteiger partial charge is 0.243 e. The van der Waals surface area contributed by atoms with Gasteiger partial charge in [-0.05, 0) is 44.7 Å². The van der Waals surface area contributed by atoms with Crippen molar-refractivity contribution in [3.63, 3.8) is 0 Å². The minimum Gasteiger partial charge on any atom is -0.314 e.